The minimum absolute atomic E-state index is 0.182. The Kier molecular flexibility index (Phi) is 4.04. The lowest BCUT2D eigenvalue weighted by Gasteiger charge is -2.16. The summed E-state index contributed by atoms with van der Waals surface area (Å²) in [6, 6.07) is 6.42. The van der Waals surface area contributed by atoms with Crippen molar-refractivity contribution in [2.24, 2.45) is 11.8 Å². The molecule has 0 aliphatic carbocycles. The Balaban J connectivity index is 1.59. The lowest BCUT2D eigenvalue weighted by atomic mass is 10.0. The van der Waals surface area contributed by atoms with Gasteiger partial charge in [-0.05, 0) is 49.2 Å². The largest absolute Gasteiger partial charge is 0.316 e. The van der Waals surface area contributed by atoms with Gasteiger partial charge in [0.05, 0.1) is 10.6 Å². The Bertz CT molecular complexity index is 561. The van der Waals surface area contributed by atoms with Gasteiger partial charge in [0, 0.05) is 24.7 Å². The van der Waals surface area contributed by atoms with Gasteiger partial charge in [0.15, 0.2) is 9.84 Å². The Labute approximate surface area is 125 Å². The highest BCUT2D eigenvalue weighted by atomic mass is 35.5. The maximum atomic E-state index is 12.3. The Hall–Kier alpha value is -0.620. The standard InChI is InChI=1S/C14H19ClN2O2S/c15-13-1-3-14(4-2-13)20(18,19)6-5-17-9-11-7-16-8-12(11)10-17/h1-4,11-12,16H,5-10H2. The molecular weight excluding hydrogens is 296 g/mol. The number of likely N-dealkylation sites (tertiary alicyclic amines) is 1. The van der Waals surface area contributed by atoms with Crippen LogP contribution in [0.15, 0.2) is 29.2 Å². The maximum absolute atomic E-state index is 12.3. The Morgan fingerprint density at radius 3 is 2.35 bits per heavy atom. The summed E-state index contributed by atoms with van der Waals surface area (Å²) in [5.74, 6) is 1.59. The van der Waals surface area contributed by atoms with E-state index in [1.165, 1.54) is 0 Å². The molecule has 1 aromatic rings. The maximum Gasteiger partial charge on any atom is 0.179 e. The van der Waals surface area contributed by atoms with E-state index in [0.29, 0.717) is 28.3 Å². The van der Waals surface area contributed by atoms with Crippen LogP contribution >= 0.6 is 11.6 Å². The molecule has 3 rings (SSSR count). The second-order valence-corrected chi connectivity index (χ2v) is 8.26. The molecule has 0 amide bonds. The smallest absolute Gasteiger partial charge is 0.179 e. The van der Waals surface area contributed by atoms with Crippen LogP contribution in [0.3, 0.4) is 0 Å². The zero-order chi connectivity index (χ0) is 14.2. The van der Waals surface area contributed by atoms with E-state index in [2.05, 4.69) is 10.2 Å². The normalized spacial score (nSPS) is 26.9. The van der Waals surface area contributed by atoms with Crippen LogP contribution in [-0.2, 0) is 9.84 Å². The first-order chi connectivity index (χ1) is 9.54. The second kappa shape index (κ2) is 5.64. The van der Waals surface area contributed by atoms with Gasteiger partial charge >= 0.3 is 0 Å². The Morgan fingerprint density at radius 2 is 1.75 bits per heavy atom. The molecule has 2 aliphatic rings. The van der Waals surface area contributed by atoms with Crippen LogP contribution in [0.5, 0.6) is 0 Å². The second-order valence-electron chi connectivity index (χ2n) is 5.71. The highest BCUT2D eigenvalue weighted by Gasteiger charge is 2.36. The monoisotopic (exact) mass is 314 g/mol. The van der Waals surface area contributed by atoms with Crippen LogP contribution < -0.4 is 5.32 Å². The lowest BCUT2D eigenvalue weighted by Crippen LogP contribution is -2.30. The van der Waals surface area contributed by atoms with Crippen molar-refractivity contribution in [2.45, 2.75) is 4.90 Å². The summed E-state index contributed by atoms with van der Waals surface area (Å²) in [7, 11) is -3.20. The molecule has 2 atom stereocenters. The summed E-state index contributed by atoms with van der Waals surface area (Å²) < 4.78 is 24.5. The molecule has 20 heavy (non-hydrogen) atoms. The molecular formula is C14H19ClN2O2S. The van der Waals surface area contributed by atoms with Crippen LogP contribution in [0.1, 0.15) is 0 Å². The summed E-state index contributed by atoms with van der Waals surface area (Å²) in [6.45, 7) is 4.82. The summed E-state index contributed by atoms with van der Waals surface area (Å²) in [5.41, 5.74) is 0. The molecule has 2 saturated heterocycles. The SMILES string of the molecule is O=S(=O)(CCN1CC2CNCC2C1)c1ccc(Cl)cc1. The van der Waals surface area contributed by atoms with E-state index >= 15 is 0 Å². The van der Waals surface area contributed by atoms with Crippen molar-refractivity contribution < 1.29 is 8.42 Å². The highest BCUT2D eigenvalue weighted by molar-refractivity contribution is 7.91. The van der Waals surface area contributed by atoms with Gasteiger partial charge in [-0.3, -0.25) is 0 Å². The van der Waals surface area contributed by atoms with Crippen LogP contribution in [0.2, 0.25) is 5.02 Å². The zero-order valence-corrected chi connectivity index (χ0v) is 12.8. The first-order valence-electron chi connectivity index (χ1n) is 6.96. The van der Waals surface area contributed by atoms with Gasteiger partial charge < -0.3 is 10.2 Å². The summed E-state index contributed by atoms with van der Waals surface area (Å²) in [4.78, 5) is 2.65. The number of sulfone groups is 1. The molecule has 0 radical (unpaired) electrons. The average Bonchev–Trinajstić information content (AvgIpc) is 2.97. The fourth-order valence-corrected chi connectivity index (χ4v) is 4.56. The highest BCUT2D eigenvalue weighted by Crippen LogP contribution is 2.26. The van der Waals surface area contributed by atoms with Crippen molar-refractivity contribution in [3.8, 4) is 0 Å². The van der Waals surface area contributed by atoms with Gasteiger partial charge in [-0.2, -0.15) is 0 Å². The van der Waals surface area contributed by atoms with Crippen LogP contribution in [0.4, 0.5) is 0 Å². The first kappa shape index (κ1) is 14.3. The molecule has 0 spiro atoms. The molecule has 6 heteroatoms. The van der Waals surface area contributed by atoms with Crippen molar-refractivity contribution in [1.82, 2.24) is 10.2 Å². The van der Waals surface area contributed by atoms with E-state index < -0.39 is 9.84 Å². The van der Waals surface area contributed by atoms with E-state index in [4.69, 9.17) is 11.6 Å². The van der Waals surface area contributed by atoms with E-state index in [0.717, 1.165) is 26.2 Å². The van der Waals surface area contributed by atoms with Crippen molar-refractivity contribution >= 4 is 21.4 Å². The van der Waals surface area contributed by atoms with E-state index in [9.17, 15) is 8.42 Å². The van der Waals surface area contributed by atoms with Crippen molar-refractivity contribution in [3.63, 3.8) is 0 Å². The predicted molar refractivity (Wildman–Crippen MR) is 79.8 cm³/mol. The summed E-state index contributed by atoms with van der Waals surface area (Å²) >= 11 is 5.79. The number of fused-ring (bicyclic) bond motifs is 1. The average molecular weight is 315 g/mol. The minimum atomic E-state index is -3.20. The number of nitrogens with one attached hydrogen (secondary N) is 1. The summed E-state index contributed by atoms with van der Waals surface area (Å²) in [5, 5.41) is 3.95. The van der Waals surface area contributed by atoms with Crippen molar-refractivity contribution in [3.05, 3.63) is 29.3 Å². The van der Waals surface area contributed by atoms with Crippen LogP contribution in [0.25, 0.3) is 0 Å². The summed E-state index contributed by atoms with van der Waals surface area (Å²) in [6.07, 6.45) is 0. The first-order valence-corrected chi connectivity index (χ1v) is 8.99. The van der Waals surface area contributed by atoms with Crippen LogP contribution in [-0.4, -0.2) is 51.8 Å². The topological polar surface area (TPSA) is 49.4 Å². The molecule has 2 unspecified atom stereocenters. The molecule has 1 N–H and O–H groups in total. The fourth-order valence-electron chi connectivity index (χ4n) is 3.14. The molecule has 1 aromatic carbocycles. The number of nitrogens with zero attached hydrogens (tertiary/aromatic N) is 1. The number of hydrogen-bond acceptors (Lipinski definition) is 4. The predicted octanol–water partition coefficient (Wildman–Crippen LogP) is 1.26. The van der Waals surface area contributed by atoms with Gasteiger partial charge in [0.25, 0.3) is 0 Å². The lowest BCUT2D eigenvalue weighted by molar-refractivity contribution is 0.331. The molecule has 0 bridgehead atoms. The molecule has 2 aliphatic heterocycles. The number of hydrogen-bond donors (Lipinski definition) is 1. The quantitative estimate of drug-likeness (QED) is 0.909. The van der Waals surface area contributed by atoms with Gasteiger partial charge in [-0.15, -0.1) is 0 Å². The van der Waals surface area contributed by atoms with Crippen molar-refractivity contribution in [2.75, 3.05) is 38.5 Å². The number of benzene rings is 1. The number of halogens is 1. The van der Waals surface area contributed by atoms with E-state index in [-0.39, 0.29) is 5.75 Å². The van der Waals surface area contributed by atoms with Gasteiger partial charge in [-0.25, -0.2) is 8.42 Å². The third-order valence-electron chi connectivity index (χ3n) is 4.31. The van der Waals surface area contributed by atoms with E-state index in [1.807, 2.05) is 0 Å². The van der Waals surface area contributed by atoms with Gasteiger partial charge in [-0.1, -0.05) is 11.6 Å². The van der Waals surface area contributed by atoms with Gasteiger partial charge in [0.1, 0.15) is 0 Å². The third-order valence-corrected chi connectivity index (χ3v) is 6.28. The zero-order valence-electron chi connectivity index (χ0n) is 11.3. The van der Waals surface area contributed by atoms with Crippen LogP contribution in [0, 0.1) is 11.8 Å². The molecule has 4 nitrogen and oxygen atoms in total. The molecule has 0 aromatic heterocycles. The van der Waals surface area contributed by atoms with Gasteiger partial charge in [0.2, 0.25) is 0 Å². The third kappa shape index (κ3) is 3.01. The Morgan fingerprint density at radius 1 is 1.15 bits per heavy atom. The van der Waals surface area contributed by atoms with Crippen molar-refractivity contribution in [1.29, 1.82) is 0 Å². The molecule has 2 fully saturated rings. The van der Waals surface area contributed by atoms with E-state index in [1.54, 1.807) is 24.3 Å². The number of rotatable bonds is 4. The minimum Gasteiger partial charge on any atom is -0.316 e. The molecule has 0 saturated carbocycles. The fraction of sp³-hybridized carbons (Fsp3) is 0.571. The molecule has 2 heterocycles. The molecule has 110 valence electrons.